The first-order chi connectivity index (χ1) is 27.5. The highest BCUT2D eigenvalue weighted by molar-refractivity contribution is 7.47. The molecule has 0 saturated carbocycles. The van der Waals surface area contributed by atoms with Gasteiger partial charge in [-0.15, -0.1) is 0 Å². The number of likely N-dealkylation sites (N-methyl/N-ethyl adjacent to an activating group) is 1. The van der Waals surface area contributed by atoms with Gasteiger partial charge < -0.3 is 18.9 Å². The fourth-order valence-corrected chi connectivity index (χ4v) is 6.81. The summed E-state index contributed by atoms with van der Waals surface area (Å²) in [7, 11) is 1.45. The summed E-state index contributed by atoms with van der Waals surface area (Å²) in [5.74, 6) is -0.844. The van der Waals surface area contributed by atoms with Gasteiger partial charge in [-0.1, -0.05) is 172 Å². The Kier molecular flexibility index (Phi) is 38.0. The molecule has 0 aromatic carbocycles. The zero-order valence-corrected chi connectivity index (χ0v) is 38.2. The number of rotatable bonds is 41. The molecule has 1 unspecified atom stereocenters. The van der Waals surface area contributed by atoms with E-state index in [0.717, 1.165) is 57.8 Å². The molecule has 0 spiro atoms. The van der Waals surface area contributed by atoms with Crippen molar-refractivity contribution in [1.82, 2.24) is 0 Å². The minimum Gasteiger partial charge on any atom is -0.462 e. The van der Waals surface area contributed by atoms with Gasteiger partial charge >= 0.3 is 19.8 Å². The average Bonchev–Trinajstić information content (AvgIpc) is 3.16. The number of carbonyl (C=O) groups excluding carboxylic acids is 2. The third-order valence-electron chi connectivity index (χ3n) is 9.62. The molecule has 0 saturated heterocycles. The first kappa shape index (κ1) is 55.0. The van der Waals surface area contributed by atoms with E-state index in [4.69, 9.17) is 18.5 Å². The van der Waals surface area contributed by atoms with Crippen LogP contribution in [0.2, 0.25) is 0 Å². The van der Waals surface area contributed by atoms with Crippen molar-refractivity contribution in [2.75, 3.05) is 47.5 Å². The van der Waals surface area contributed by atoms with Crippen molar-refractivity contribution < 1.29 is 42.1 Å². The van der Waals surface area contributed by atoms with Crippen LogP contribution in [-0.4, -0.2) is 74.9 Å². The van der Waals surface area contributed by atoms with Crippen LogP contribution in [0.5, 0.6) is 0 Å². The van der Waals surface area contributed by atoms with E-state index in [1.807, 2.05) is 21.1 Å². The van der Waals surface area contributed by atoms with Gasteiger partial charge in [0.1, 0.15) is 19.8 Å². The van der Waals surface area contributed by atoms with Gasteiger partial charge in [0.05, 0.1) is 27.7 Å². The zero-order chi connectivity index (χ0) is 42.1. The van der Waals surface area contributed by atoms with Crippen molar-refractivity contribution in [3.8, 4) is 0 Å². The summed E-state index contributed by atoms with van der Waals surface area (Å²) in [6.45, 7) is 4.27. The van der Waals surface area contributed by atoms with Gasteiger partial charge in [-0.25, -0.2) is 4.57 Å². The fraction of sp³-hybridized carbons (Fsp3) is 0.787. The lowest BCUT2D eigenvalue weighted by Crippen LogP contribution is -2.37. The molecule has 0 rings (SSSR count). The molecule has 0 aromatic rings. The third-order valence-corrected chi connectivity index (χ3v) is 10.6. The van der Waals surface area contributed by atoms with Crippen molar-refractivity contribution in [2.24, 2.45) is 0 Å². The molecule has 332 valence electrons. The highest BCUT2D eigenvalue weighted by Crippen LogP contribution is 2.43. The van der Waals surface area contributed by atoms with E-state index in [1.165, 1.54) is 96.3 Å². The highest BCUT2D eigenvalue weighted by Gasteiger charge is 2.27. The molecule has 9 nitrogen and oxygen atoms in total. The predicted molar refractivity (Wildman–Crippen MR) is 238 cm³/mol. The largest absolute Gasteiger partial charge is 0.472 e. The number of phosphoric ester groups is 1. The number of esters is 2. The van der Waals surface area contributed by atoms with E-state index >= 15 is 0 Å². The Balaban J connectivity index is 4.36. The minimum atomic E-state index is -4.39. The summed E-state index contributed by atoms with van der Waals surface area (Å²) < 4.78 is 34.3. The fourth-order valence-electron chi connectivity index (χ4n) is 6.06. The Bertz CT molecular complexity index is 1110. The van der Waals surface area contributed by atoms with E-state index in [0.29, 0.717) is 17.4 Å². The Hall–Kier alpha value is -2.03. The molecule has 57 heavy (non-hydrogen) atoms. The van der Waals surface area contributed by atoms with Crippen LogP contribution in [0.15, 0.2) is 48.6 Å². The topological polar surface area (TPSA) is 108 Å². The van der Waals surface area contributed by atoms with Crippen molar-refractivity contribution in [2.45, 2.75) is 193 Å². The van der Waals surface area contributed by atoms with Gasteiger partial charge in [0.15, 0.2) is 6.10 Å². The number of hydrogen-bond donors (Lipinski definition) is 1. The number of carbonyl (C=O) groups is 2. The van der Waals surface area contributed by atoms with Crippen LogP contribution < -0.4 is 0 Å². The molecular formula is C47H87NO8P+. The molecule has 0 radical (unpaired) electrons. The maximum atomic E-state index is 12.7. The number of phosphoric acid groups is 1. The van der Waals surface area contributed by atoms with Crippen LogP contribution in [-0.2, 0) is 32.7 Å². The van der Waals surface area contributed by atoms with Gasteiger partial charge in [-0.3, -0.25) is 18.6 Å². The number of ether oxygens (including phenoxy) is 2. The van der Waals surface area contributed by atoms with Crippen LogP contribution in [0.1, 0.15) is 187 Å². The first-order valence-electron chi connectivity index (χ1n) is 22.9. The highest BCUT2D eigenvalue weighted by atomic mass is 31.2. The molecule has 0 bridgehead atoms. The molecular weight excluding hydrogens is 737 g/mol. The van der Waals surface area contributed by atoms with Gasteiger partial charge in [0, 0.05) is 12.8 Å². The molecule has 0 aliphatic carbocycles. The smallest absolute Gasteiger partial charge is 0.462 e. The normalized spacial score (nSPS) is 14.0. The molecule has 1 N–H and O–H groups in total. The van der Waals surface area contributed by atoms with Crippen molar-refractivity contribution in [3.63, 3.8) is 0 Å². The van der Waals surface area contributed by atoms with Crippen molar-refractivity contribution in [3.05, 3.63) is 48.6 Å². The maximum absolute atomic E-state index is 12.7. The summed E-state index contributed by atoms with van der Waals surface area (Å²) in [5, 5.41) is 0. The van der Waals surface area contributed by atoms with Crippen LogP contribution in [0.3, 0.4) is 0 Å². The third kappa shape index (κ3) is 43.4. The van der Waals surface area contributed by atoms with Gasteiger partial charge in [0.2, 0.25) is 0 Å². The van der Waals surface area contributed by atoms with Crippen LogP contribution in [0, 0.1) is 0 Å². The summed E-state index contributed by atoms with van der Waals surface area (Å²) in [4.78, 5) is 35.4. The number of hydrogen-bond acceptors (Lipinski definition) is 7. The quantitative estimate of drug-likeness (QED) is 0.0213. The van der Waals surface area contributed by atoms with Crippen molar-refractivity contribution in [1.29, 1.82) is 0 Å². The summed E-state index contributed by atoms with van der Waals surface area (Å²) in [6.07, 6.45) is 45.9. The van der Waals surface area contributed by atoms with E-state index < -0.39 is 26.5 Å². The van der Waals surface area contributed by atoms with E-state index in [2.05, 4.69) is 62.5 Å². The lowest BCUT2D eigenvalue weighted by molar-refractivity contribution is -0.870. The standard InChI is InChI=1S/C47H86NO8P/c1-6-8-10-12-14-16-18-20-22-23-24-26-27-29-31-33-35-37-39-46(49)53-43-45(44-55-57(51,52)54-42-41-48(3,4)5)56-47(50)40-38-36-34-32-30-28-25-21-19-17-15-13-11-9-7-2/h9,11,15,17,21,25,30,32,45H,6-8,10,12-14,16,18-20,22-24,26-29,31,33-44H2,1-5H3/p+1/b11-9+,17-15+,25-21+,32-30+/t45-/m1/s1. The molecule has 2 atom stereocenters. The second-order valence-corrected chi connectivity index (χ2v) is 17.9. The van der Waals surface area contributed by atoms with Gasteiger partial charge in [-0.05, 0) is 51.4 Å². The number of nitrogens with zero attached hydrogens (tertiary/aromatic N) is 1. The summed E-state index contributed by atoms with van der Waals surface area (Å²) in [6, 6.07) is 0. The molecule has 0 heterocycles. The molecule has 0 aliphatic heterocycles. The SMILES string of the molecule is CC/C=C/C/C=C/C/C=C/C/C=C/CCCCC(=O)O[C@H](COC(=O)CCCCCCCCCCCCCCCCCCCC)COP(=O)(O)OCC[N+](C)(C)C. The lowest BCUT2D eigenvalue weighted by Gasteiger charge is -2.24. The van der Waals surface area contributed by atoms with E-state index in [1.54, 1.807) is 0 Å². The molecule has 0 fully saturated rings. The van der Waals surface area contributed by atoms with Crippen molar-refractivity contribution >= 4 is 19.8 Å². The first-order valence-corrected chi connectivity index (χ1v) is 24.4. The van der Waals surface area contributed by atoms with Crippen LogP contribution in [0.4, 0.5) is 0 Å². The monoisotopic (exact) mass is 825 g/mol. The van der Waals surface area contributed by atoms with E-state index in [-0.39, 0.29) is 32.0 Å². The Morgan fingerprint density at radius 2 is 1.00 bits per heavy atom. The zero-order valence-electron chi connectivity index (χ0n) is 37.3. The minimum absolute atomic E-state index is 0.0232. The van der Waals surface area contributed by atoms with Crippen LogP contribution in [0.25, 0.3) is 0 Å². The Labute approximate surface area is 350 Å². The molecule has 0 aromatic heterocycles. The number of unbranched alkanes of at least 4 members (excludes halogenated alkanes) is 19. The molecule has 10 heteroatoms. The average molecular weight is 825 g/mol. The Morgan fingerprint density at radius 1 is 0.561 bits per heavy atom. The van der Waals surface area contributed by atoms with Gasteiger partial charge in [-0.2, -0.15) is 0 Å². The molecule has 0 aliphatic rings. The number of quaternary nitrogens is 1. The lowest BCUT2D eigenvalue weighted by atomic mass is 10.0. The Morgan fingerprint density at radius 3 is 1.49 bits per heavy atom. The summed E-state index contributed by atoms with van der Waals surface area (Å²) >= 11 is 0. The second-order valence-electron chi connectivity index (χ2n) is 16.4. The second kappa shape index (κ2) is 39.4. The predicted octanol–water partition coefficient (Wildman–Crippen LogP) is 13.1. The van der Waals surface area contributed by atoms with E-state index in [9.17, 15) is 19.0 Å². The summed E-state index contributed by atoms with van der Waals surface area (Å²) in [5.41, 5.74) is 0. The van der Waals surface area contributed by atoms with Gasteiger partial charge in [0.25, 0.3) is 0 Å². The maximum Gasteiger partial charge on any atom is 0.472 e. The number of allylic oxidation sites excluding steroid dienone is 8. The molecule has 0 amide bonds. The van der Waals surface area contributed by atoms with Crippen LogP contribution >= 0.6 is 7.82 Å².